The summed E-state index contributed by atoms with van der Waals surface area (Å²) in [6.45, 7) is 5.45. The number of nitrogens with zero attached hydrogens (tertiary/aromatic N) is 2. The monoisotopic (exact) mass is 301 g/mol. The highest BCUT2D eigenvalue weighted by Gasteiger charge is 2.10. The molecule has 0 unspecified atom stereocenters. The highest BCUT2D eigenvalue weighted by Crippen LogP contribution is 2.24. The van der Waals surface area contributed by atoms with Crippen LogP contribution in [0.2, 0.25) is 0 Å². The minimum absolute atomic E-state index is 0.479. The number of anilines is 1. The van der Waals surface area contributed by atoms with Crippen LogP contribution in [0.4, 0.5) is 5.82 Å². The van der Waals surface area contributed by atoms with Gasteiger partial charge >= 0.3 is 0 Å². The van der Waals surface area contributed by atoms with Crippen LogP contribution in [0.3, 0.4) is 0 Å². The number of hydrogen-bond donors (Lipinski definition) is 1. The SMILES string of the molecule is CCCOCc1nc(CCC)c(Br)c(NC)n1. The normalized spacial score (nSPS) is 10.6. The summed E-state index contributed by atoms with van der Waals surface area (Å²) < 4.78 is 6.43. The third kappa shape index (κ3) is 4.24. The molecule has 96 valence electrons. The first-order chi connectivity index (χ1) is 8.22. The zero-order valence-electron chi connectivity index (χ0n) is 10.7. The standard InChI is InChI=1S/C12H20BrN3O/c1-4-6-9-11(13)12(14-3)16-10(15-9)8-17-7-5-2/h4-8H2,1-3H3,(H,14,15,16). The molecule has 0 aliphatic carbocycles. The molecule has 0 saturated carbocycles. The van der Waals surface area contributed by atoms with E-state index in [0.717, 1.165) is 47.7 Å². The topological polar surface area (TPSA) is 47.0 Å². The van der Waals surface area contributed by atoms with E-state index in [2.05, 4.69) is 45.1 Å². The maximum atomic E-state index is 5.47. The average molecular weight is 302 g/mol. The molecule has 0 saturated heterocycles. The molecule has 0 bridgehead atoms. The summed E-state index contributed by atoms with van der Waals surface area (Å²) >= 11 is 3.53. The molecule has 0 amide bonds. The second kappa shape index (κ2) is 7.61. The molecule has 0 atom stereocenters. The molecule has 17 heavy (non-hydrogen) atoms. The zero-order valence-corrected chi connectivity index (χ0v) is 12.3. The van der Waals surface area contributed by atoms with Crippen LogP contribution in [-0.4, -0.2) is 23.6 Å². The molecule has 1 aromatic heterocycles. The number of hydrogen-bond acceptors (Lipinski definition) is 4. The van der Waals surface area contributed by atoms with E-state index < -0.39 is 0 Å². The fourth-order valence-corrected chi connectivity index (χ4v) is 2.06. The quantitative estimate of drug-likeness (QED) is 0.786. The summed E-state index contributed by atoms with van der Waals surface area (Å²) in [4.78, 5) is 8.93. The predicted octanol–water partition coefficient (Wildman–Crippen LogP) is 3.16. The van der Waals surface area contributed by atoms with Gasteiger partial charge in [-0.15, -0.1) is 0 Å². The molecule has 0 aliphatic rings. The molecule has 0 aliphatic heterocycles. The Morgan fingerprint density at radius 1 is 1.24 bits per heavy atom. The van der Waals surface area contributed by atoms with Crippen molar-refractivity contribution in [1.82, 2.24) is 9.97 Å². The van der Waals surface area contributed by atoms with Crippen LogP contribution in [0, 0.1) is 0 Å². The lowest BCUT2D eigenvalue weighted by Crippen LogP contribution is -2.07. The molecular weight excluding hydrogens is 282 g/mol. The summed E-state index contributed by atoms with van der Waals surface area (Å²) in [5.74, 6) is 1.58. The number of halogens is 1. The van der Waals surface area contributed by atoms with Gasteiger partial charge in [-0.1, -0.05) is 20.3 Å². The van der Waals surface area contributed by atoms with Gasteiger partial charge in [0.2, 0.25) is 0 Å². The van der Waals surface area contributed by atoms with Crippen molar-refractivity contribution < 1.29 is 4.74 Å². The van der Waals surface area contributed by atoms with Crippen molar-refractivity contribution in [3.63, 3.8) is 0 Å². The molecule has 1 rings (SSSR count). The van der Waals surface area contributed by atoms with Crippen molar-refractivity contribution in [1.29, 1.82) is 0 Å². The Bertz CT molecular complexity index is 358. The van der Waals surface area contributed by atoms with Crippen molar-refractivity contribution >= 4 is 21.7 Å². The first-order valence-electron chi connectivity index (χ1n) is 6.03. The van der Waals surface area contributed by atoms with Crippen LogP contribution in [0.5, 0.6) is 0 Å². The van der Waals surface area contributed by atoms with Gasteiger partial charge in [-0.05, 0) is 28.8 Å². The second-order valence-electron chi connectivity index (χ2n) is 3.80. The number of aromatic nitrogens is 2. The van der Waals surface area contributed by atoms with Crippen molar-refractivity contribution in [2.45, 2.75) is 39.7 Å². The van der Waals surface area contributed by atoms with Crippen LogP contribution in [0.1, 0.15) is 38.2 Å². The molecule has 0 fully saturated rings. The van der Waals surface area contributed by atoms with E-state index in [1.165, 1.54) is 0 Å². The molecule has 0 aromatic carbocycles. The predicted molar refractivity (Wildman–Crippen MR) is 73.2 cm³/mol. The van der Waals surface area contributed by atoms with Gasteiger partial charge in [-0.2, -0.15) is 0 Å². The Labute approximate surface area is 111 Å². The lowest BCUT2D eigenvalue weighted by Gasteiger charge is -2.10. The minimum Gasteiger partial charge on any atom is -0.373 e. The largest absolute Gasteiger partial charge is 0.373 e. The van der Waals surface area contributed by atoms with Crippen LogP contribution < -0.4 is 5.32 Å². The number of nitrogens with one attached hydrogen (secondary N) is 1. The first-order valence-corrected chi connectivity index (χ1v) is 6.83. The van der Waals surface area contributed by atoms with E-state index in [-0.39, 0.29) is 0 Å². The van der Waals surface area contributed by atoms with Crippen LogP contribution in [-0.2, 0) is 17.8 Å². The summed E-state index contributed by atoms with van der Waals surface area (Å²) in [5, 5.41) is 3.07. The van der Waals surface area contributed by atoms with Gasteiger partial charge in [0.1, 0.15) is 12.4 Å². The first kappa shape index (κ1) is 14.4. The van der Waals surface area contributed by atoms with Crippen molar-refractivity contribution in [2.75, 3.05) is 19.0 Å². The highest BCUT2D eigenvalue weighted by atomic mass is 79.9. The van der Waals surface area contributed by atoms with Crippen LogP contribution in [0.15, 0.2) is 4.47 Å². The van der Waals surface area contributed by atoms with E-state index >= 15 is 0 Å². The summed E-state index contributed by atoms with van der Waals surface area (Å²) in [6, 6.07) is 0. The number of aryl methyl sites for hydroxylation is 1. The Balaban J connectivity index is 2.86. The third-order valence-corrected chi connectivity index (χ3v) is 3.10. The van der Waals surface area contributed by atoms with E-state index in [4.69, 9.17) is 4.74 Å². The summed E-state index contributed by atoms with van der Waals surface area (Å²) in [5.41, 5.74) is 1.04. The Hall–Kier alpha value is -0.680. The van der Waals surface area contributed by atoms with Gasteiger partial charge in [0.25, 0.3) is 0 Å². The van der Waals surface area contributed by atoms with Crippen LogP contribution in [0.25, 0.3) is 0 Å². The molecule has 1 heterocycles. The highest BCUT2D eigenvalue weighted by molar-refractivity contribution is 9.10. The van der Waals surface area contributed by atoms with E-state index in [1.807, 2.05) is 7.05 Å². The van der Waals surface area contributed by atoms with E-state index in [1.54, 1.807) is 0 Å². The Morgan fingerprint density at radius 2 is 2.00 bits per heavy atom. The maximum Gasteiger partial charge on any atom is 0.156 e. The van der Waals surface area contributed by atoms with Gasteiger partial charge in [0.05, 0.1) is 10.2 Å². The van der Waals surface area contributed by atoms with Gasteiger partial charge in [0.15, 0.2) is 5.82 Å². The third-order valence-electron chi connectivity index (χ3n) is 2.27. The van der Waals surface area contributed by atoms with Gasteiger partial charge < -0.3 is 10.1 Å². The molecule has 4 nitrogen and oxygen atoms in total. The maximum absolute atomic E-state index is 5.47. The Kier molecular flexibility index (Phi) is 6.44. The minimum atomic E-state index is 0.479. The number of rotatable bonds is 7. The van der Waals surface area contributed by atoms with Crippen molar-refractivity contribution in [2.24, 2.45) is 0 Å². The average Bonchev–Trinajstić information content (AvgIpc) is 2.33. The molecule has 1 aromatic rings. The molecule has 5 heteroatoms. The summed E-state index contributed by atoms with van der Waals surface area (Å²) in [6.07, 6.45) is 3.02. The van der Waals surface area contributed by atoms with Crippen molar-refractivity contribution in [3.8, 4) is 0 Å². The second-order valence-corrected chi connectivity index (χ2v) is 4.59. The molecule has 0 radical (unpaired) electrons. The lowest BCUT2D eigenvalue weighted by atomic mass is 10.2. The van der Waals surface area contributed by atoms with E-state index in [9.17, 15) is 0 Å². The van der Waals surface area contributed by atoms with Gasteiger partial charge in [-0.25, -0.2) is 9.97 Å². The molecule has 0 spiro atoms. The summed E-state index contributed by atoms with van der Waals surface area (Å²) in [7, 11) is 1.86. The molecule has 1 N–H and O–H groups in total. The molecular formula is C12H20BrN3O. The van der Waals surface area contributed by atoms with Crippen LogP contribution >= 0.6 is 15.9 Å². The van der Waals surface area contributed by atoms with Crippen molar-refractivity contribution in [3.05, 3.63) is 16.0 Å². The van der Waals surface area contributed by atoms with E-state index in [0.29, 0.717) is 6.61 Å². The van der Waals surface area contributed by atoms with Gasteiger partial charge in [0, 0.05) is 13.7 Å². The fraction of sp³-hybridized carbons (Fsp3) is 0.667. The number of ether oxygens (including phenoxy) is 1. The zero-order chi connectivity index (χ0) is 12.7. The Morgan fingerprint density at radius 3 is 2.59 bits per heavy atom. The van der Waals surface area contributed by atoms with Gasteiger partial charge in [-0.3, -0.25) is 0 Å². The fourth-order valence-electron chi connectivity index (χ4n) is 1.49. The smallest absolute Gasteiger partial charge is 0.156 e. The lowest BCUT2D eigenvalue weighted by molar-refractivity contribution is 0.116.